The molecule has 1 fully saturated rings. The Labute approximate surface area is 113 Å². The molecule has 1 aliphatic carbocycles. The fraction of sp³-hybridized carbons (Fsp3) is 0.600. The summed E-state index contributed by atoms with van der Waals surface area (Å²) in [4.78, 5) is 24.1. The van der Waals surface area contributed by atoms with Crippen molar-refractivity contribution in [3.63, 3.8) is 0 Å². The molecule has 4 nitrogen and oxygen atoms in total. The second-order valence-corrected chi connectivity index (χ2v) is 5.37. The highest BCUT2D eigenvalue weighted by Gasteiger charge is 2.46. The number of hydrogen-bond donors (Lipinski definition) is 2. The molecule has 0 saturated heterocycles. The maximum atomic E-state index is 12.2. The van der Waals surface area contributed by atoms with Crippen LogP contribution in [0.5, 0.6) is 0 Å². The van der Waals surface area contributed by atoms with Gasteiger partial charge in [0.2, 0.25) is 0 Å². The first kappa shape index (κ1) is 15.6. The molecule has 1 saturated carbocycles. The average Bonchev–Trinajstić information content (AvgIpc) is 2.56. The first-order valence-corrected chi connectivity index (χ1v) is 6.64. The van der Waals surface area contributed by atoms with Gasteiger partial charge in [0.05, 0.1) is 5.92 Å². The lowest BCUT2D eigenvalue weighted by atomic mass is 9.97. The van der Waals surface area contributed by atoms with Crippen molar-refractivity contribution in [3.8, 4) is 0 Å². The van der Waals surface area contributed by atoms with Gasteiger partial charge in [-0.25, -0.2) is 0 Å². The first-order valence-electron chi connectivity index (χ1n) is 6.64. The van der Waals surface area contributed by atoms with E-state index < -0.39 is 23.6 Å². The van der Waals surface area contributed by atoms with Crippen molar-refractivity contribution in [2.75, 3.05) is 0 Å². The van der Waals surface area contributed by atoms with Crippen LogP contribution in [0.25, 0.3) is 0 Å². The van der Waals surface area contributed by atoms with Gasteiger partial charge in [0.25, 0.3) is 0 Å². The van der Waals surface area contributed by atoms with Crippen LogP contribution in [0.1, 0.15) is 40.5 Å². The monoisotopic (exact) mass is 266 g/mol. The molecule has 19 heavy (non-hydrogen) atoms. The van der Waals surface area contributed by atoms with Crippen molar-refractivity contribution >= 4 is 11.6 Å². The summed E-state index contributed by atoms with van der Waals surface area (Å²) in [6.45, 7) is 7.39. The van der Waals surface area contributed by atoms with Gasteiger partial charge in [-0.3, -0.25) is 9.59 Å². The number of hydrogen-bond acceptors (Lipinski definition) is 4. The number of aliphatic hydroxyl groups is 2. The summed E-state index contributed by atoms with van der Waals surface area (Å²) in [6, 6.07) is 0. The van der Waals surface area contributed by atoms with Gasteiger partial charge in [-0.15, -0.1) is 0 Å². The molecule has 0 bridgehead atoms. The van der Waals surface area contributed by atoms with E-state index in [1.165, 1.54) is 0 Å². The Bertz CT molecular complexity index is 441. The zero-order valence-electron chi connectivity index (χ0n) is 11.9. The van der Waals surface area contributed by atoms with Crippen molar-refractivity contribution in [2.45, 2.75) is 46.6 Å². The molecule has 0 aromatic heterocycles. The zero-order chi connectivity index (χ0) is 14.7. The maximum absolute atomic E-state index is 12.2. The largest absolute Gasteiger partial charge is 0.511 e. The lowest BCUT2D eigenvalue weighted by Gasteiger charge is -2.09. The van der Waals surface area contributed by atoms with Crippen molar-refractivity contribution in [2.24, 2.45) is 11.8 Å². The lowest BCUT2D eigenvalue weighted by Crippen LogP contribution is -2.22. The van der Waals surface area contributed by atoms with Crippen molar-refractivity contribution in [1.82, 2.24) is 0 Å². The number of aliphatic hydroxyl groups excluding tert-OH is 2. The Hall–Kier alpha value is -1.42. The molecular weight excluding hydrogens is 244 g/mol. The topological polar surface area (TPSA) is 74.6 Å². The minimum Gasteiger partial charge on any atom is -0.511 e. The quantitative estimate of drug-likeness (QED) is 0.354. The van der Waals surface area contributed by atoms with Crippen LogP contribution in [0.15, 0.2) is 23.0 Å². The minimum absolute atomic E-state index is 0.184. The molecule has 0 aliphatic heterocycles. The Morgan fingerprint density at radius 2 is 1.89 bits per heavy atom. The van der Waals surface area contributed by atoms with Crippen LogP contribution >= 0.6 is 0 Å². The Morgan fingerprint density at radius 3 is 2.37 bits per heavy atom. The maximum Gasteiger partial charge on any atom is 0.199 e. The van der Waals surface area contributed by atoms with E-state index in [2.05, 4.69) is 0 Å². The molecule has 1 rings (SSSR count). The van der Waals surface area contributed by atoms with Gasteiger partial charge >= 0.3 is 0 Å². The highest BCUT2D eigenvalue weighted by molar-refractivity contribution is 6.28. The molecule has 4 heteroatoms. The van der Waals surface area contributed by atoms with Gasteiger partial charge < -0.3 is 10.2 Å². The molecule has 3 unspecified atom stereocenters. The van der Waals surface area contributed by atoms with Crippen LogP contribution in [-0.4, -0.2) is 27.9 Å². The van der Waals surface area contributed by atoms with E-state index in [9.17, 15) is 19.8 Å². The molecule has 106 valence electrons. The Kier molecular flexibility index (Phi) is 5.06. The summed E-state index contributed by atoms with van der Waals surface area (Å²) in [5, 5.41) is 19.9. The Balaban J connectivity index is 3.09. The summed E-state index contributed by atoms with van der Waals surface area (Å²) < 4.78 is 0. The van der Waals surface area contributed by atoms with Crippen LogP contribution in [-0.2, 0) is 9.59 Å². The number of Topliss-reactive ketones (excluding diaryl/α,β-unsaturated/α-hetero) is 2. The smallest absolute Gasteiger partial charge is 0.199 e. The molecule has 3 atom stereocenters. The van der Waals surface area contributed by atoms with Crippen LogP contribution in [0.3, 0.4) is 0 Å². The molecular formula is C15H22O4. The third-order valence-corrected chi connectivity index (χ3v) is 3.59. The molecule has 0 aromatic rings. The average molecular weight is 266 g/mol. The van der Waals surface area contributed by atoms with Gasteiger partial charge in [-0.1, -0.05) is 25.5 Å². The van der Waals surface area contributed by atoms with Gasteiger partial charge in [-0.05, 0) is 26.7 Å². The zero-order valence-corrected chi connectivity index (χ0v) is 11.9. The molecule has 2 N–H and O–H groups in total. The molecule has 1 aliphatic rings. The van der Waals surface area contributed by atoms with E-state index in [4.69, 9.17) is 0 Å². The number of carbonyl (C=O) groups is 2. The van der Waals surface area contributed by atoms with Gasteiger partial charge in [-0.2, -0.15) is 0 Å². The molecule has 0 heterocycles. The van der Waals surface area contributed by atoms with Gasteiger partial charge in [0.1, 0.15) is 17.4 Å². The number of rotatable bonds is 4. The van der Waals surface area contributed by atoms with Crippen molar-refractivity contribution in [1.29, 1.82) is 0 Å². The summed E-state index contributed by atoms with van der Waals surface area (Å²) in [5.41, 5.74) is 0.824. The second-order valence-electron chi connectivity index (χ2n) is 5.37. The van der Waals surface area contributed by atoms with Crippen LogP contribution in [0.2, 0.25) is 0 Å². The SMILES string of the molecule is CCC(C)C(O)=C1C(=O)C(O)C(CC=C(C)C)C1=O. The van der Waals surface area contributed by atoms with Crippen LogP contribution in [0, 0.1) is 11.8 Å². The summed E-state index contributed by atoms with van der Waals surface area (Å²) in [6.07, 6.45) is 1.45. The number of ketones is 2. The van der Waals surface area contributed by atoms with Gasteiger partial charge in [0, 0.05) is 5.92 Å². The van der Waals surface area contributed by atoms with E-state index in [1.807, 2.05) is 26.8 Å². The van der Waals surface area contributed by atoms with E-state index in [1.54, 1.807) is 6.92 Å². The van der Waals surface area contributed by atoms with Crippen molar-refractivity contribution in [3.05, 3.63) is 23.0 Å². The highest BCUT2D eigenvalue weighted by Crippen LogP contribution is 2.31. The minimum atomic E-state index is -1.33. The Morgan fingerprint density at radius 1 is 1.32 bits per heavy atom. The molecule has 0 aromatic carbocycles. The summed E-state index contributed by atoms with van der Waals surface area (Å²) in [7, 11) is 0. The predicted octanol–water partition coefficient (Wildman–Crippen LogP) is 2.33. The third-order valence-electron chi connectivity index (χ3n) is 3.59. The lowest BCUT2D eigenvalue weighted by molar-refractivity contribution is -0.124. The summed E-state index contributed by atoms with van der Waals surface area (Å²) in [5.74, 6) is -2.28. The van der Waals surface area contributed by atoms with E-state index in [0.29, 0.717) is 12.8 Å². The second kappa shape index (κ2) is 6.15. The normalized spacial score (nSPS) is 27.4. The number of carbonyl (C=O) groups excluding carboxylic acids is 2. The van der Waals surface area contributed by atoms with E-state index in [0.717, 1.165) is 5.57 Å². The van der Waals surface area contributed by atoms with Crippen LogP contribution < -0.4 is 0 Å². The first-order chi connectivity index (χ1) is 8.81. The third kappa shape index (κ3) is 3.13. The predicted molar refractivity (Wildman–Crippen MR) is 72.7 cm³/mol. The molecule has 0 radical (unpaired) electrons. The van der Waals surface area contributed by atoms with Crippen molar-refractivity contribution < 1.29 is 19.8 Å². The fourth-order valence-electron chi connectivity index (χ4n) is 2.07. The fourth-order valence-corrected chi connectivity index (χ4v) is 2.07. The standard InChI is InChI=1S/C15H22O4/c1-5-9(4)12(16)11-13(17)10(7-6-8(2)3)14(18)15(11)19/h6,9-10,14,16,18H,5,7H2,1-4H3. The highest BCUT2D eigenvalue weighted by atomic mass is 16.3. The van der Waals surface area contributed by atoms with E-state index in [-0.39, 0.29) is 17.3 Å². The molecule has 0 amide bonds. The number of allylic oxidation sites excluding steroid dienone is 3. The summed E-state index contributed by atoms with van der Waals surface area (Å²) >= 11 is 0. The van der Waals surface area contributed by atoms with Gasteiger partial charge in [0.15, 0.2) is 11.6 Å². The van der Waals surface area contributed by atoms with E-state index >= 15 is 0 Å². The molecule has 0 spiro atoms. The van der Waals surface area contributed by atoms with Crippen LogP contribution in [0.4, 0.5) is 0 Å².